The summed E-state index contributed by atoms with van der Waals surface area (Å²) in [6.45, 7) is 4.83. The quantitative estimate of drug-likeness (QED) is 0.382. The van der Waals surface area contributed by atoms with E-state index in [1.165, 1.54) is 6.07 Å². The molecule has 1 aromatic carbocycles. The topological polar surface area (TPSA) is 113 Å². The molecule has 0 fully saturated rings. The second kappa shape index (κ2) is 10.7. The number of aromatic nitrogens is 5. The Balaban J connectivity index is 1.24. The second-order valence-electron chi connectivity index (χ2n) is 8.72. The highest BCUT2D eigenvalue weighted by molar-refractivity contribution is 6.04. The summed E-state index contributed by atoms with van der Waals surface area (Å²) in [5, 5.41) is 10.7. The van der Waals surface area contributed by atoms with Crippen LogP contribution < -0.4 is 14.8 Å². The molecule has 1 aliphatic heterocycles. The third-order valence-corrected chi connectivity index (χ3v) is 5.64. The lowest BCUT2D eigenvalue weighted by atomic mass is 10.1. The fourth-order valence-corrected chi connectivity index (χ4v) is 3.80. The van der Waals surface area contributed by atoms with E-state index < -0.39 is 17.8 Å². The lowest BCUT2D eigenvalue weighted by Gasteiger charge is -2.27. The van der Waals surface area contributed by atoms with Gasteiger partial charge in [0.25, 0.3) is 5.91 Å². The standard InChI is InChI=1S/C26H25FN6O4/c1-16(2)33-15-29-32-25(33)21-6-3-7-24(30-21)31-26(34)19-9-22-23(10-20(19)27)37-18(14-36-22)13-35-12-17-5-4-8-28-11-17/h3-11,15-16,18H,12-14H2,1-2H3,(H,30,31,34). The number of pyridine rings is 2. The summed E-state index contributed by atoms with van der Waals surface area (Å²) in [5.41, 5.74) is 1.28. The molecular weight excluding hydrogens is 479 g/mol. The normalized spacial score (nSPS) is 14.5. The fourth-order valence-electron chi connectivity index (χ4n) is 3.80. The Labute approximate surface area is 212 Å². The zero-order valence-electron chi connectivity index (χ0n) is 20.3. The first kappa shape index (κ1) is 24.3. The minimum absolute atomic E-state index is 0.129. The van der Waals surface area contributed by atoms with Crippen LogP contribution in [0.2, 0.25) is 0 Å². The first-order valence-corrected chi connectivity index (χ1v) is 11.8. The summed E-state index contributed by atoms with van der Waals surface area (Å²) >= 11 is 0. The van der Waals surface area contributed by atoms with E-state index in [1.807, 2.05) is 30.5 Å². The summed E-state index contributed by atoms with van der Waals surface area (Å²) in [6, 6.07) is 11.4. The van der Waals surface area contributed by atoms with Crippen molar-refractivity contribution in [3.63, 3.8) is 0 Å². The third-order valence-electron chi connectivity index (χ3n) is 5.64. The van der Waals surface area contributed by atoms with E-state index in [-0.39, 0.29) is 42.1 Å². The molecule has 11 heteroatoms. The lowest BCUT2D eigenvalue weighted by Crippen LogP contribution is -2.33. The predicted octanol–water partition coefficient (Wildman–Crippen LogP) is 4.06. The van der Waals surface area contributed by atoms with Crippen molar-refractivity contribution in [1.29, 1.82) is 0 Å². The molecule has 37 heavy (non-hydrogen) atoms. The molecule has 3 aromatic heterocycles. The van der Waals surface area contributed by atoms with E-state index in [0.29, 0.717) is 18.1 Å². The molecule has 1 N–H and O–H groups in total. The maximum absolute atomic E-state index is 14.9. The zero-order valence-corrected chi connectivity index (χ0v) is 20.3. The van der Waals surface area contributed by atoms with Crippen molar-refractivity contribution in [2.45, 2.75) is 32.6 Å². The monoisotopic (exact) mass is 504 g/mol. The van der Waals surface area contributed by atoms with E-state index >= 15 is 0 Å². The summed E-state index contributed by atoms with van der Waals surface area (Å²) in [6.07, 6.45) is 4.62. The number of halogens is 1. The Morgan fingerprint density at radius 2 is 2.14 bits per heavy atom. The molecule has 1 atom stereocenters. The number of rotatable bonds is 8. The maximum atomic E-state index is 14.9. The molecule has 0 radical (unpaired) electrons. The Bertz CT molecular complexity index is 1400. The second-order valence-corrected chi connectivity index (χ2v) is 8.72. The summed E-state index contributed by atoms with van der Waals surface area (Å²) in [7, 11) is 0. The van der Waals surface area contributed by atoms with Crippen LogP contribution in [0.3, 0.4) is 0 Å². The van der Waals surface area contributed by atoms with Gasteiger partial charge < -0.3 is 24.1 Å². The number of hydrogen-bond donors (Lipinski definition) is 1. The van der Waals surface area contributed by atoms with Gasteiger partial charge in [0.1, 0.15) is 30.3 Å². The molecule has 4 heterocycles. The van der Waals surface area contributed by atoms with Crippen LogP contribution in [-0.2, 0) is 11.3 Å². The maximum Gasteiger partial charge on any atom is 0.259 e. The molecular formula is C26H25FN6O4. The molecule has 1 aliphatic rings. The smallest absolute Gasteiger partial charge is 0.259 e. The molecule has 190 valence electrons. The molecule has 0 spiro atoms. The zero-order chi connectivity index (χ0) is 25.8. The molecule has 1 amide bonds. The van der Waals surface area contributed by atoms with Crippen LogP contribution in [0.25, 0.3) is 11.5 Å². The van der Waals surface area contributed by atoms with Gasteiger partial charge in [-0.05, 0) is 43.7 Å². The fraction of sp³-hybridized carbons (Fsp3) is 0.269. The number of ether oxygens (including phenoxy) is 3. The van der Waals surface area contributed by atoms with Crippen molar-refractivity contribution in [3.8, 4) is 23.0 Å². The van der Waals surface area contributed by atoms with Crippen LogP contribution in [0.15, 0.2) is 61.2 Å². The van der Waals surface area contributed by atoms with E-state index in [2.05, 4.69) is 25.5 Å². The molecule has 0 saturated carbocycles. The Morgan fingerprint density at radius 3 is 2.95 bits per heavy atom. The molecule has 0 bridgehead atoms. The van der Waals surface area contributed by atoms with Crippen molar-refractivity contribution in [1.82, 2.24) is 24.7 Å². The molecule has 10 nitrogen and oxygen atoms in total. The van der Waals surface area contributed by atoms with Gasteiger partial charge in [-0.15, -0.1) is 10.2 Å². The molecule has 5 rings (SSSR count). The van der Waals surface area contributed by atoms with Crippen LogP contribution in [-0.4, -0.2) is 50.0 Å². The number of nitrogens with one attached hydrogen (secondary N) is 1. The number of carbonyl (C=O) groups is 1. The average Bonchev–Trinajstić information content (AvgIpc) is 3.40. The Hall–Kier alpha value is -4.38. The van der Waals surface area contributed by atoms with Crippen LogP contribution in [0.5, 0.6) is 11.5 Å². The van der Waals surface area contributed by atoms with E-state index in [4.69, 9.17) is 14.2 Å². The van der Waals surface area contributed by atoms with Crippen LogP contribution in [0.1, 0.15) is 35.8 Å². The number of benzene rings is 1. The highest BCUT2D eigenvalue weighted by atomic mass is 19.1. The number of amides is 1. The first-order valence-electron chi connectivity index (χ1n) is 11.8. The Morgan fingerprint density at radius 1 is 1.24 bits per heavy atom. The molecule has 1 unspecified atom stereocenters. The molecule has 0 aliphatic carbocycles. The van der Waals surface area contributed by atoms with Gasteiger partial charge in [-0.1, -0.05) is 12.1 Å². The van der Waals surface area contributed by atoms with Crippen LogP contribution in [0, 0.1) is 5.82 Å². The van der Waals surface area contributed by atoms with E-state index in [9.17, 15) is 9.18 Å². The predicted molar refractivity (Wildman–Crippen MR) is 132 cm³/mol. The van der Waals surface area contributed by atoms with Gasteiger partial charge in [-0.2, -0.15) is 0 Å². The van der Waals surface area contributed by atoms with Gasteiger partial charge in [0, 0.05) is 24.5 Å². The van der Waals surface area contributed by atoms with Crippen LogP contribution in [0.4, 0.5) is 10.2 Å². The number of nitrogens with zero attached hydrogens (tertiary/aromatic N) is 5. The summed E-state index contributed by atoms with van der Waals surface area (Å²) < 4.78 is 34.0. The molecule has 0 saturated heterocycles. The number of fused-ring (bicyclic) bond motifs is 1. The Kier molecular flexibility index (Phi) is 7.04. The van der Waals surface area contributed by atoms with Crippen molar-refractivity contribution < 1.29 is 23.4 Å². The van der Waals surface area contributed by atoms with Gasteiger partial charge >= 0.3 is 0 Å². The van der Waals surface area contributed by atoms with Crippen molar-refractivity contribution >= 4 is 11.7 Å². The number of hydrogen-bond acceptors (Lipinski definition) is 8. The van der Waals surface area contributed by atoms with E-state index in [0.717, 1.165) is 11.6 Å². The van der Waals surface area contributed by atoms with Crippen molar-refractivity contribution in [2.24, 2.45) is 0 Å². The SMILES string of the molecule is CC(C)n1cnnc1-c1cccc(NC(=O)c2cc3c(cc2F)OC(COCc2cccnc2)CO3)n1. The van der Waals surface area contributed by atoms with Gasteiger partial charge in [-0.25, -0.2) is 9.37 Å². The minimum atomic E-state index is -0.743. The highest BCUT2D eigenvalue weighted by Gasteiger charge is 2.25. The minimum Gasteiger partial charge on any atom is -0.486 e. The number of carbonyl (C=O) groups excluding carboxylic acids is 1. The highest BCUT2D eigenvalue weighted by Crippen LogP contribution is 2.34. The van der Waals surface area contributed by atoms with Crippen molar-refractivity contribution in [3.05, 3.63) is 78.1 Å². The first-order chi connectivity index (χ1) is 18.0. The van der Waals surface area contributed by atoms with Gasteiger partial charge in [0.2, 0.25) is 0 Å². The number of anilines is 1. The average molecular weight is 505 g/mol. The van der Waals surface area contributed by atoms with Gasteiger partial charge in [0.15, 0.2) is 23.4 Å². The largest absolute Gasteiger partial charge is 0.486 e. The lowest BCUT2D eigenvalue weighted by molar-refractivity contribution is 0.00239. The summed E-state index contributed by atoms with van der Waals surface area (Å²) in [4.78, 5) is 21.4. The van der Waals surface area contributed by atoms with Crippen LogP contribution >= 0.6 is 0 Å². The van der Waals surface area contributed by atoms with Gasteiger partial charge in [0.05, 0.1) is 18.8 Å². The van der Waals surface area contributed by atoms with E-state index in [1.54, 1.807) is 36.9 Å². The van der Waals surface area contributed by atoms with Crippen molar-refractivity contribution in [2.75, 3.05) is 18.5 Å². The van der Waals surface area contributed by atoms with Gasteiger partial charge in [-0.3, -0.25) is 9.78 Å². The molecule has 4 aromatic rings. The summed E-state index contributed by atoms with van der Waals surface area (Å²) in [5.74, 6) is -0.102. The third kappa shape index (κ3) is 5.56.